The summed E-state index contributed by atoms with van der Waals surface area (Å²) in [5, 5.41) is 7.48. The molecule has 3 nitrogen and oxygen atoms in total. The van der Waals surface area contributed by atoms with E-state index in [-0.39, 0.29) is 5.92 Å². The number of aromatic amines is 1. The fourth-order valence-corrected chi connectivity index (χ4v) is 2.53. The van der Waals surface area contributed by atoms with Crippen LogP contribution in [0.3, 0.4) is 0 Å². The number of aryl methyl sites for hydroxylation is 1. The predicted molar refractivity (Wildman–Crippen MR) is 85.1 cm³/mol. The smallest absolute Gasteiger partial charge is 0.181 e. The van der Waals surface area contributed by atoms with Gasteiger partial charge in [-0.25, -0.2) is 4.98 Å². The number of aromatic nitrogens is 3. The van der Waals surface area contributed by atoms with Crippen LogP contribution < -0.4 is 0 Å². The van der Waals surface area contributed by atoms with E-state index >= 15 is 0 Å². The van der Waals surface area contributed by atoms with E-state index in [9.17, 15) is 0 Å². The molecule has 3 heteroatoms. The lowest BCUT2D eigenvalue weighted by Crippen LogP contribution is -2.01. The highest BCUT2D eigenvalue weighted by molar-refractivity contribution is 5.55. The summed E-state index contributed by atoms with van der Waals surface area (Å²) in [5.74, 6) is 1.96. The maximum absolute atomic E-state index is 4.69. The maximum Gasteiger partial charge on any atom is 0.181 e. The molecule has 1 N–H and O–H groups in total. The van der Waals surface area contributed by atoms with Gasteiger partial charge in [0.2, 0.25) is 0 Å². The second-order valence-electron chi connectivity index (χ2n) is 5.28. The molecule has 21 heavy (non-hydrogen) atoms. The second kappa shape index (κ2) is 5.92. The molecule has 0 spiro atoms. The topological polar surface area (TPSA) is 41.6 Å². The van der Waals surface area contributed by atoms with E-state index in [1.807, 2.05) is 6.07 Å². The Morgan fingerprint density at radius 1 is 1.00 bits per heavy atom. The van der Waals surface area contributed by atoms with Crippen LogP contribution in [-0.2, 0) is 0 Å². The number of H-pyrrole nitrogens is 1. The van der Waals surface area contributed by atoms with Crippen LogP contribution in [0.1, 0.15) is 36.2 Å². The zero-order chi connectivity index (χ0) is 14.7. The third-order valence-electron chi connectivity index (χ3n) is 3.75. The standard InChI is InChI=1S/C18H19N3/c1-3-16(14-7-5-4-6-8-14)18-19-17(20-21-18)15-11-9-13(2)10-12-15/h4-12,16H,3H2,1-2H3,(H,19,20,21). The van der Waals surface area contributed by atoms with E-state index in [0.29, 0.717) is 0 Å². The molecule has 0 aliphatic heterocycles. The summed E-state index contributed by atoms with van der Waals surface area (Å²) in [7, 11) is 0. The van der Waals surface area contributed by atoms with Crippen LogP contribution in [0.25, 0.3) is 11.4 Å². The fourth-order valence-electron chi connectivity index (χ4n) is 2.53. The van der Waals surface area contributed by atoms with E-state index in [0.717, 1.165) is 23.6 Å². The third-order valence-corrected chi connectivity index (χ3v) is 3.75. The van der Waals surface area contributed by atoms with Gasteiger partial charge in [-0.15, -0.1) is 0 Å². The molecule has 0 saturated carbocycles. The average molecular weight is 277 g/mol. The highest BCUT2D eigenvalue weighted by Gasteiger charge is 2.16. The first kappa shape index (κ1) is 13.6. The summed E-state index contributed by atoms with van der Waals surface area (Å²) in [6.45, 7) is 4.25. The zero-order valence-electron chi connectivity index (χ0n) is 12.4. The van der Waals surface area contributed by atoms with E-state index in [1.165, 1.54) is 11.1 Å². The molecule has 0 saturated heterocycles. The van der Waals surface area contributed by atoms with Gasteiger partial charge >= 0.3 is 0 Å². The average Bonchev–Trinajstić information content (AvgIpc) is 2.99. The number of nitrogens with zero attached hydrogens (tertiary/aromatic N) is 2. The highest BCUT2D eigenvalue weighted by Crippen LogP contribution is 2.26. The van der Waals surface area contributed by atoms with E-state index in [1.54, 1.807) is 0 Å². The number of hydrogen-bond acceptors (Lipinski definition) is 2. The molecule has 0 amide bonds. The third kappa shape index (κ3) is 2.87. The largest absolute Gasteiger partial charge is 0.262 e. The second-order valence-corrected chi connectivity index (χ2v) is 5.28. The first-order valence-electron chi connectivity index (χ1n) is 7.32. The molecule has 3 aromatic rings. The molecule has 106 valence electrons. The van der Waals surface area contributed by atoms with Crippen molar-refractivity contribution in [2.45, 2.75) is 26.2 Å². The summed E-state index contributed by atoms with van der Waals surface area (Å²) in [6, 6.07) is 18.7. The van der Waals surface area contributed by atoms with Crippen molar-refractivity contribution in [2.24, 2.45) is 0 Å². The van der Waals surface area contributed by atoms with Crippen molar-refractivity contribution in [3.8, 4) is 11.4 Å². The van der Waals surface area contributed by atoms with Gasteiger partial charge in [0.15, 0.2) is 5.82 Å². The number of rotatable bonds is 4. The molecule has 1 heterocycles. The summed E-state index contributed by atoms with van der Waals surface area (Å²) < 4.78 is 0. The molecule has 2 aromatic carbocycles. The lowest BCUT2D eigenvalue weighted by atomic mass is 9.96. The molecule has 1 aromatic heterocycles. The van der Waals surface area contributed by atoms with Crippen LogP contribution in [0.2, 0.25) is 0 Å². The first-order valence-corrected chi connectivity index (χ1v) is 7.32. The molecule has 0 aliphatic carbocycles. The van der Waals surface area contributed by atoms with Crippen molar-refractivity contribution in [3.63, 3.8) is 0 Å². The summed E-state index contributed by atoms with van der Waals surface area (Å²) in [6.07, 6.45) is 0.993. The van der Waals surface area contributed by atoms with Gasteiger partial charge in [0, 0.05) is 11.5 Å². The van der Waals surface area contributed by atoms with Crippen LogP contribution in [0.15, 0.2) is 54.6 Å². The van der Waals surface area contributed by atoms with E-state index < -0.39 is 0 Å². The minimum absolute atomic E-state index is 0.262. The van der Waals surface area contributed by atoms with Crippen LogP contribution in [0.5, 0.6) is 0 Å². The van der Waals surface area contributed by atoms with Gasteiger partial charge in [0.05, 0.1) is 0 Å². The van der Waals surface area contributed by atoms with Crippen LogP contribution >= 0.6 is 0 Å². The Labute approximate surface area is 125 Å². The molecule has 0 aliphatic rings. The number of benzene rings is 2. The van der Waals surface area contributed by atoms with Crippen molar-refractivity contribution in [1.29, 1.82) is 0 Å². The minimum atomic E-state index is 0.262. The van der Waals surface area contributed by atoms with Gasteiger partial charge in [-0.2, -0.15) is 5.10 Å². The van der Waals surface area contributed by atoms with Gasteiger partial charge in [0.25, 0.3) is 0 Å². The molecular formula is C18H19N3. The van der Waals surface area contributed by atoms with Crippen LogP contribution in [-0.4, -0.2) is 15.2 Å². The fraction of sp³-hybridized carbons (Fsp3) is 0.222. The van der Waals surface area contributed by atoms with Gasteiger partial charge in [0.1, 0.15) is 5.82 Å². The maximum atomic E-state index is 4.69. The summed E-state index contributed by atoms with van der Waals surface area (Å²) >= 11 is 0. The molecule has 0 fully saturated rings. The Morgan fingerprint density at radius 3 is 2.38 bits per heavy atom. The van der Waals surface area contributed by atoms with Crippen LogP contribution in [0, 0.1) is 6.92 Å². The van der Waals surface area contributed by atoms with Gasteiger partial charge in [-0.1, -0.05) is 67.1 Å². The van der Waals surface area contributed by atoms with Crippen molar-refractivity contribution < 1.29 is 0 Å². The Bertz CT molecular complexity index is 699. The quantitative estimate of drug-likeness (QED) is 0.771. The number of hydrogen-bond donors (Lipinski definition) is 1. The van der Waals surface area contributed by atoms with Crippen molar-refractivity contribution in [1.82, 2.24) is 15.2 Å². The van der Waals surface area contributed by atoms with Gasteiger partial charge in [-0.3, -0.25) is 5.10 Å². The molecule has 0 radical (unpaired) electrons. The minimum Gasteiger partial charge on any atom is -0.262 e. The number of nitrogens with one attached hydrogen (secondary N) is 1. The Kier molecular flexibility index (Phi) is 3.82. The van der Waals surface area contributed by atoms with E-state index in [4.69, 9.17) is 4.98 Å². The molecular weight excluding hydrogens is 258 g/mol. The van der Waals surface area contributed by atoms with Gasteiger partial charge in [-0.05, 0) is 18.9 Å². The lowest BCUT2D eigenvalue weighted by molar-refractivity contribution is 0.721. The lowest BCUT2D eigenvalue weighted by Gasteiger charge is -2.11. The Morgan fingerprint density at radius 2 is 1.71 bits per heavy atom. The highest BCUT2D eigenvalue weighted by atomic mass is 15.2. The van der Waals surface area contributed by atoms with E-state index in [2.05, 4.69) is 72.6 Å². The predicted octanol–water partition coefficient (Wildman–Crippen LogP) is 4.32. The monoisotopic (exact) mass is 277 g/mol. The molecule has 1 atom stereocenters. The zero-order valence-corrected chi connectivity index (χ0v) is 12.4. The SMILES string of the molecule is CCC(c1ccccc1)c1nc(-c2ccc(C)cc2)n[nH]1. The first-order chi connectivity index (χ1) is 10.3. The summed E-state index contributed by atoms with van der Waals surface area (Å²) in [5.41, 5.74) is 3.56. The van der Waals surface area contributed by atoms with Crippen molar-refractivity contribution in [3.05, 3.63) is 71.5 Å². The van der Waals surface area contributed by atoms with Gasteiger partial charge < -0.3 is 0 Å². The van der Waals surface area contributed by atoms with Crippen molar-refractivity contribution >= 4 is 0 Å². The Balaban J connectivity index is 1.92. The Hall–Kier alpha value is -2.42. The van der Waals surface area contributed by atoms with Crippen molar-refractivity contribution in [2.75, 3.05) is 0 Å². The molecule has 1 unspecified atom stereocenters. The summed E-state index contributed by atoms with van der Waals surface area (Å²) in [4.78, 5) is 4.69. The normalized spacial score (nSPS) is 12.3. The molecule has 0 bridgehead atoms. The molecule has 3 rings (SSSR count). The van der Waals surface area contributed by atoms with Crippen LogP contribution in [0.4, 0.5) is 0 Å².